The van der Waals surface area contributed by atoms with E-state index in [1.165, 1.54) is 0 Å². The number of methoxy groups -OCH3 is 1. The molecule has 1 atom stereocenters. The zero-order valence-corrected chi connectivity index (χ0v) is 14.6. The minimum Gasteiger partial charge on any atom is -0.493 e. The molecule has 0 spiro atoms. The molecule has 0 aliphatic rings. The lowest BCUT2D eigenvalue weighted by molar-refractivity contribution is 0.105. The van der Waals surface area contributed by atoms with E-state index in [0.29, 0.717) is 36.9 Å². The Bertz CT molecular complexity index is 821. The quantitative estimate of drug-likeness (QED) is 0.481. The highest BCUT2D eigenvalue weighted by Crippen LogP contribution is 2.25. The largest absolute Gasteiger partial charge is 0.493 e. The van der Waals surface area contributed by atoms with Crippen molar-refractivity contribution in [3.05, 3.63) is 48.7 Å². The Morgan fingerprint density at radius 3 is 2.85 bits per heavy atom. The number of aliphatic hydroxyl groups excluding tert-OH is 1. The Kier molecular flexibility index (Phi) is 6.29. The lowest BCUT2D eigenvalue weighted by Crippen LogP contribution is -2.33. The molecule has 2 aromatic carbocycles. The van der Waals surface area contributed by atoms with Gasteiger partial charge in [-0.2, -0.15) is 5.10 Å². The summed E-state index contributed by atoms with van der Waals surface area (Å²) >= 11 is 0. The molecule has 0 radical (unpaired) electrons. The van der Waals surface area contributed by atoms with Gasteiger partial charge in [0.2, 0.25) is 0 Å². The highest BCUT2D eigenvalue weighted by atomic mass is 16.5. The highest BCUT2D eigenvalue weighted by Gasteiger charge is 2.07. The zero-order chi connectivity index (χ0) is 18.2. The number of aliphatic hydroxyl groups is 1. The lowest BCUT2D eigenvalue weighted by atomic mass is 10.2. The molecular weight excluding hydrogens is 334 g/mol. The molecule has 3 N–H and O–H groups in total. The average Bonchev–Trinajstić information content (AvgIpc) is 3.14. The third kappa shape index (κ3) is 4.87. The van der Waals surface area contributed by atoms with Crippen molar-refractivity contribution >= 4 is 10.9 Å². The van der Waals surface area contributed by atoms with Crippen LogP contribution in [0.1, 0.15) is 0 Å². The van der Waals surface area contributed by atoms with Crippen molar-refractivity contribution in [3.63, 3.8) is 0 Å². The average molecular weight is 357 g/mol. The summed E-state index contributed by atoms with van der Waals surface area (Å²) in [6.45, 7) is 1.72. The SMILES string of the molecule is COc1ccccc1OCCNCC(O)COc1ccc2[nH]ncc2c1. The molecule has 0 saturated heterocycles. The first-order valence-corrected chi connectivity index (χ1v) is 8.47. The zero-order valence-electron chi connectivity index (χ0n) is 14.6. The summed E-state index contributed by atoms with van der Waals surface area (Å²) in [5.41, 5.74) is 0.953. The van der Waals surface area contributed by atoms with Crippen LogP contribution in [0.25, 0.3) is 10.9 Å². The van der Waals surface area contributed by atoms with Crippen LogP contribution in [0.5, 0.6) is 17.2 Å². The van der Waals surface area contributed by atoms with Crippen molar-refractivity contribution in [3.8, 4) is 17.2 Å². The van der Waals surface area contributed by atoms with E-state index >= 15 is 0 Å². The second kappa shape index (κ2) is 9.07. The van der Waals surface area contributed by atoms with E-state index in [0.717, 1.165) is 10.9 Å². The van der Waals surface area contributed by atoms with Crippen molar-refractivity contribution < 1.29 is 19.3 Å². The Balaban J connectivity index is 1.33. The monoisotopic (exact) mass is 357 g/mol. The van der Waals surface area contributed by atoms with Crippen molar-refractivity contribution in [1.82, 2.24) is 15.5 Å². The molecule has 3 aromatic rings. The van der Waals surface area contributed by atoms with Crippen molar-refractivity contribution in [1.29, 1.82) is 0 Å². The van der Waals surface area contributed by atoms with Gasteiger partial charge in [-0.05, 0) is 30.3 Å². The van der Waals surface area contributed by atoms with Gasteiger partial charge in [0.15, 0.2) is 11.5 Å². The predicted molar refractivity (Wildman–Crippen MR) is 99.0 cm³/mol. The van der Waals surface area contributed by atoms with E-state index in [4.69, 9.17) is 14.2 Å². The molecule has 0 bridgehead atoms. The molecule has 1 aromatic heterocycles. The van der Waals surface area contributed by atoms with E-state index < -0.39 is 6.10 Å². The van der Waals surface area contributed by atoms with Crippen LogP contribution in [0.4, 0.5) is 0 Å². The van der Waals surface area contributed by atoms with Gasteiger partial charge in [0.25, 0.3) is 0 Å². The summed E-state index contributed by atoms with van der Waals surface area (Å²) in [4.78, 5) is 0. The molecule has 1 unspecified atom stereocenters. The van der Waals surface area contributed by atoms with Crippen molar-refractivity contribution in [2.24, 2.45) is 0 Å². The van der Waals surface area contributed by atoms with Gasteiger partial charge >= 0.3 is 0 Å². The number of ether oxygens (including phenoxy) is 3. The molecule has 0 aliphatic heterocycles. The molecule has 0 aliphatic carbocycles. The van der Waals surface area contributed by atoms with Crippen LogP contribution in [0.15, 0.2) is 48.7 Å². The minimum atomic E-state index is -0.610. The normalized spacial score (nSPS) is 12.1. The minimum absolute atomic E-state index is 0.212. The maximum Gasteiger partial charge on any atom is 0.161 e. The van der Waals surface area contributed by atoms with Crippen molar-refractivity contribution in [2.45, 2.75) is 6.10 Å². The van der Waals surface area contributed by atoms with E-state index in [1.807, 2.05) is 42.5 Å². The van der Waals surface area contributed by atoms with E-state index in [1.54, 1.807) is 13.3 Å². The first kappa shape index (κ1) is 18.0. The smallest absolute Gasteiger partial charge is 0.161 e. The van der Waals surface area contributed by atoms with Crippen LogP contribution < -0.4 is 19.5 Å². The number of aromatic amines is 1. The summed E-state index contributed by atoms with van der Waals surface area (Å²) in [6, 6.07) is 13.1. The number of para-hydroxylation sites is 2. The summed E-state index contributed by atoms with van der Waals surface area (Å²) in [5, 5.41) is 21.0. The molecule has 0 amide bonds. The number of hydrogen-bond acceptors (Lipinski definition) is 6. The van der Waals surface area contributed by atoms with Crippen LogP contribution >= 0.6 is 0 Å². The number of aromatic nitrogens is 2. The molecule has 0 saturated carbocycles. The second-order valence-electron chi connectivity index (χ2n) is 5.79. The maximum absolute atomic E-state index is 10.0. The Hall–Kier alpha value is -2.77. The van der Waals surface area contributed by atoms with Gasteiger partial charge in [-0.25, -0.2) is 0 Å². The Morgan fingerprint density at radius 1 is 1.15 bits per heavy atom. The van der Waals surface area contributed by atoms with E-state index in [9.17, 15) is 5.11 Å². The lowest BCUT2D eigenvalue weighted by Gasteiger charge is -2.14. The summed E-state index contributed by atoms with van der Waals surface area (Å²) in [7, 11) is 1.61. The third-order valence-electron chi connectivity index (χ3n) is 3.84. The summed E-state index contributed by atoms with van der Waals surface area (Å²) in [5.74, 6) is 2.11. The molecular formula is C19H23N3O4. The first-order chi connectivity index (χ1) is 12.8. The van der Waals surface area contributed by atoms with Crippen LogP contribution in [0, 0.1) is 0 Å². The van der Waals surface area contributed by atoms with Crippen LogP contribution in [-0.4, -0.2) is 54.8 Å². The van der Waals surface area contributed by atoms with Gasteiger partial charge in [-0.1, -0.05) is 12.1 Å². The standard InChI is InChI=1S/C19H23N3O4/c1-24-18-4-2-3-5-19(18)25-9-8-20-12-15(23)13-26-16-6-7-17-14(10-16)11-21-22-17/h2-7,10-11,15,20,23H,8-9,12-13H2,1H3,(H,21,22). The number of nitrogens with zero attached hydrogens (tertiary/aromatic N) is 1. The van der Waals surface area contributed by atoms with Crippen LogP contribution in [0.2, 0.25) is 0 Å². The fourth-order valence-corrected chi connectivity index (χ4v) is 2.50. The second-order valence-corrected chi connectivity index (χ2v) is 5.79. The summed E-state index contributed by atoms with van der Waals surface area (Å²) < 4.78 is 16.5. The molecule has 3 rings (SSSR count). The fraction of sp³-hybridized carbons (Fsp3) is 0.316. The number of nitrogens with one attached hydrogen (secondary N) is 2. The Labute approximate surface area is 151 Å². The molecule has 0 fully saturated rings. The number of hydrogen-bond donors (Lipinski definition) is 3. The van der Waals surface area contributed by atoms with Crippen molar-refractivity contribution in [2.75, 3.05) is 33.4 Å². The van der Waals surface area contributed by atoms with Crippen LogP contribution in [0.3, 0.4) is 0 Å². The van der Waals surface area contributed by atoms with Gasteiger partial charge in [0.1, 0.15) is 25.1 Å². The molecule has 7 nitrogen and oxygen atoms in total. The number of fused-ring (bicyclic) bond motifs is 1. The Morgan fingerprint density at radius 2 is 2.00 bits per heavy atom. The number of rotatable bonds is 10. The molecule has 138 valence electrons. The number of benzene rings is 2. The van der Waals surface area contributed by atoms with Gasteiger partial charge in [-0.3, -0.25) is 5.10 Å². The fourth-order valence-electron chi connectivity index (χ4n) is 2.50. The van der Waals surface area contributed by atoms with Crippen LogP contribution in [-0.2, 0) is 0 Å². The predicted octanol–water partition coefficient (Wildman–Crippen LogP) is 1.98. The number of H-pyrrole nitrogens is 1. The summed E-state index contributed by atoms with van der Waals surface area (Å²) in [6.07, 6.45) is 1.13. The van der Waals surface area contributed by atoms with Gasteiger partial charge < -0.3 is 24.6 Å². The van der Waals surface area contributed by atoms with Gasteiger partial charge in [0.05, 0.1) is 18.8 Å². The first-order valence-electron chi connectivity index (χ1n) is 8.47. The molecule has 1 heterocycles. The topological polar surface area (TPSA) is 88.6 Å². The highest BCUT2D eigenvalue weighted by molar-refractivity contribution is 5.79. The van der Waals surface area contributed by atoms with Gasteiger partial charge in [-0.15, -0.1) is 0 Å². The molecule has 26 heavy (non-hydrogen) atoms. The van der Waals surface area contributed by atoms with E-state index in [-0.39, 0.29) is 6.61 Å². The third-order valence-corrected chi connectivity index (χ3v) is 3.84. The van der Waals surface area contributed by atoms with Gasteiger partial charge in [0, 0.05) is 18.5 Å². The molecule has 7 heteroatoms. The van der Waals surface area contributed by atoms with E-state index in [2.05, 4.69) is 15.5 Å². The maximum atomic E-state index is 10.0.